The van der Waals surface area contributed by atoms with Crippen LogP contribution in [0.3, 0.4) is 0 Å². The van der Waals surface area contributed by atoms with Gasteiger partial charge in [0.2, 0.25) is 0 Å². The minimum atomic E-state index is 0.514. The molecule has 0 amide bonds. The Hall–Kier alpha value is -0.0800. The number of hydrogen-bond acceptors (Lipinski definition) is 2. The highest BCUT2D eigenvalue weighted by molar-refractivity contribution is 5.04. The number of hydrogen-bond donors (Lipinski definition) is 1. The minimum Gasteiger partial charge on any atom is -0.312 e. The third-order valence-electron chi connectivity index (χ3n) is 5.40. The second kappa shape index (κ2) is 7.64. The first-order valence-electron chi connectivity index (χ1n) is 8.82. The molecule has 2 rings (SSSR count). The Kier molecular flexibility index (Phi) is 6.15. The summed E-state index contributed by atoms with van der Waals surface area (Å²) >= 11 is 0. The first-order chi connectivity index (χ1) is 9.33. The molecule has 1 aliphatic heterocycles. The molecule has 2 fully saturated rings. The molecule has 0 aromatic rings. The van der Waals surface area contributed by atoms with E-state index in [0.717, 1.165) is 12.6 Å². The fraction of sp³-hybridized carbons (Fsp3) is 1.00. The lowest BCUT2D eigenvalue weighted by molar-refractivity contribution is 0.0725. The lowest BCUT2D eigenvalue weighted by atomic mass is 9.83. The monoisotopic (exact) mass is 266 g/mol. The van der Waals surface area contributed by atoms with Crippen molar-refractivity contribution in [2.45, 2.75) is 89.6 Å². The lowest BCUT2D eigenvalue weighted by Crippen LogP contribution is -2.59. The van der Waals surface area contributed by atoms with Gasteiger partial charge in [-0.3, -0.25) is 4.90 Å². The smallest absolute Gasteiger partial charge is 0.0362 e. The fourth-order valence-electron chi connectivity index (χ4n) is 4.44. The highest BCUT2D eigenvalue weighted by Crippen LogP contribution is 2.41. The minimum absolute atomic E-state index is 0.514. The van der Waals surface area contributed by atoms with Crippen molar-refractivity contribution in [3.05, 3.63) is 0 Å². The predicted molar refractivity (Wildman–Crippen MR) is 83.6 cm³/mol. The van der Waals surface area contributed by atoms with Gasteiger partial charge in [0, 0.05) is 11.6 Å². The zero-order valence-corrected chi connectivity index (χ0v) is 13.2. The number of nitrogens with zero attached hydrogens (tertiary/aromatic N) is 1. The molecule has 1 N–H and O–H groups in total. The van der Waals surface area contributed by atoms with Gasteiger partial charge < -0.3 is 5.32 Å². The number of nitrogens with one attached hydrogen (secondary N) is 1. The van der Waals surface area contributed by atoms with Crippen LogP contribution in [0.25, 0.3) is 0 Å². The van der Waals surface area contributed by atoms with Gasteiger partial charge in [0.05, 0.1) is 0 Å². The molecule has 0 radical (unpaired) electrons. The van der Waals surface area contributed by atoms with Gasteiger partial charge >= 0.3 is 0 Å². The molecule has 1 atom stereocenters. The molecule has 0 aromatic carbocycles. The van der Waals surface area contributed by atoms with Gasteiger partial charge in [-0.05, 0) is 51.7 Å². The molecule has 2 aliphatic rings. The number of rotatable bonds is 8. The van der Waals surface area contributed by atoms with Crippen molar-refractivity contribution in [3.8, 4) is 0 Å². The Balaban J connectivity index is 2.04. The molecular weight excluding hydrogens is 232 g/mol. The van der Waals surface area contributed by atoms with E-state index in [-0.39, 0.29) is 0 Å². The zero-order valence-electron chi connectivity index (χ0n) is 13.2. The van der Waals surface area contributed by atoms with Crippen LogP contribution in [-0.4, -0.2) is 36.1 Å². The molecule has 112 valence electrons. The van der Waals surface area contributed by atoms with E-state index < -0.39 is 0 Å². The Morgan fingerprint density at radius 3 is 2.26 bits per heavy atom. The van der Waals surface area contributed by atoms with Crippen molar-refractivity contribution in [2.75, 3.05) is 19.6 Å². The summed E-state index contributed by atoms with van der Waals surface area (Å²) in [5, 5.41) is 3.86. The molecule has 1 saturated heterocycles. The summed E-state index contributed by atoms with van der Waals surface area (Å²) in [6.07, 6.45) is 14.2. The maximum atomic E-state index is 3.86. The Labute approximate surface area is 120 Å². The van der Waals surface area contributed by atoms with Gasteiger partial charge in [-0.15, -0.1) is 0 Å². The van der Waals surface area contributed by atoms with Crippen LogP contribution in [0.2, 0.25) is 0 Å². The molecule has 2 heteroatoms. The van der Waals surface area contributed by atoms with Crippen molar-refractivity contribution in [3.63, 3.8) is 0 Å². The van der Waals surface area contributed by atoms with Crippen LogP contribution in [0.4, 0.5) is 0 Å². The van der Waals surface area contributed by atoms with Crippen LogP contribution in [0, 0.1) is 0 Å². The third kappa shape index (κ3) is 3.52. The van der Waals surface area contributed by atoms with Gasteiger partial charge in [0.15, 0.2) is 0 Å². The summed E-state index contributed by atoms with van der Waals surface area (Å²) < 4.78 is 0. The predicted octanol–water partition coefficient (Wildman–Crippen LogP) is 3.95. The van der Waals surface area contributed by atoms with Crippen LogP contribution in [0.15, 0.2) is 0 Å². The maximum absolute atomic E-state index is 3.86. The maximum Gasteiger partial charge on any atom is 0.0362 e. The first kappa shape index (κ1) is 15.3. The van der Waals surface area contributed by atoms with E-state index in [2.05, 4.69) is 24.1 Å². The van der Waals surface area contributed by atoms with Crippen molar-refractivity contribution >= 4 is 0 Å². The van der Waals surface area contributed by atoms with E-state index in [4.69, 9.17) is 0 Å². The fourth-order valence-corrected chi connectivity index (χ4v) is 4.44. The van der Waals surface area contributed by atoms with Crippen LogP contribution in [0.1, 0.15) is 78.1 Å². The molecule has 0 aromatic heterocycles. The van der Waals surface area contributed by atoms with E-state index >= 15 is 0 Å². The van der Waals surface area contributed by atoms with Crippen LogP contribution >= 0.6 is 0 Å². The van der Waals surface area contributed by atoms with E-state index in [0.29, 0.717) is 5.54 Å². The van der Waals surface area contributed by atoms with E-state index in [1.54, 1.807) is 0 Å². The Bertz CT molecular complexity index is 240. The number of unbranched alkanes of at least 4 members (excludes halogenated alkanes) is 2. The summed E-state index contributed by atoms with van der Waals surface area (Å²) in [4.78, 5) is 2.86. The second-order valence-electron chi connectivity index (χ2n) is 6.61. The Morgan fingerprint density at radius 1 is 1.00 bits per heavy atom. The van der Waals surface area contributed by atoms with Crippen molar-refractivity contribution in [1.82, 2.24) is 10.2 Å². The summed E-state index contributed by atoms with van der Waals surface area (Å²) in [5.74, 6) is 0. The zero-order chi connectivity index (χ0) is 13.6. The molecule has 0 spiro atoms. The van der Waals surface area contributed by atoms with E-state index in [1.165, 1.54) is 77.3 Å². The van der Waals surface area contributed by atoms with E-state index in [1.807, 2.05) is 0 Å². The van der Waals surface area contributed by atoms with Gasteiger partial charge in [-0.2, -0.15) is 0 Å². The highest BCUT2D eigenvalue weighted by atomic mass is 15.2. The van der Waals surface area contributed by atoms with Crippen molar-refractivity contribution < 1.29 is 0 Å². The summed E-state index contributed by atoms with van der Waals surface area (Å²) in [7, 11) is 0. The lowest BCUT2D eigenvalue weighted by Gasteiger charge is -2.45. The van der Waals surface area contributed by atoms with Crippen molar-refractivity contribution in [1.29, 1.82) is 0 Å². The van der Waals surface area contributed by atoms with Gasteiger partial charge in [0.1, 0.15) is 0 Å². The summed E-state index contributed by atoms with van der Waals surface area (Å²) in [5.41, 5.74) is 0.514. The van der Waals surface area contributed by atoms with Crippen LogP contribution in [0.5, 0.6) is 0 Å². The third-order valence-corrected chi connectivity index (χ3v) is 5.40. The molecule has 2 nitrogen and oxygen atoms in total. The SMILES string of the molecule is CCCCCC(NCC)C1(N2CCCC2)CCCC1. The largest absolute Gasteiger partial charge is 0.312 e. The van der Waals surface area contributed by atoms with Crippen LogP contribution in [-0.2, 0) is 0 Å². The average Bonchev–Trinajstić information content (AvgIpc) is 3.09. The molecule has 19 heavy (non-hydrogen) atoms. The van der Waals surface area contributed by atoms with Gasteiger partial charge in [-0.25, -0.2) is 0 Å². The van der Waals surface area contributed by atoms with E-state index in [9.17, 15) is 0 Å². The van der Waals surface area contributed by atoms with Gasteiger partial charge in [-0.1, -0.05) is 46.0 Å². The molecule has 1 heterocycles. The normalized spacial score (nSPS) is 24.9. The molecule has 1 saturated carbocycles. The highest BCUT2D eigenvalue weighted by Gasteiger charge is 2.45. The first-order valence-corrected chi connectivity index (χ1v) is 8.82. The molecule has 0 bridgehead atoms. The van der Waals surface area contributed by atoms with Gasteiger partial charge in [0.25, 0.3) is 0 Å². The molecule has 1 aliphatic carbocycles. The number of likely N-dealkylation sites (tertiary alicyclic amines) is 1. The number of likely N-dealkylation sites (N-methyl/N-ethyl adjacent to an activating group) is 1. The van der Waals surface area contributed by atoms with Crippen molar-refractivity contribution in [2.24, 2.45) is 0 Å². The molecule has 1 unspecified atom stereocenters. The average molecular weight is 266 g/mol. The molecular formula is C17H34N2. The standard InChI is InChI=1S/C17H34N2/c1-3-5-6-11-16(18-4-2)17(12-7-8-13-17)19-14-9-10-15-19/h16,18H,3-15H2,1-2H3. The summed E-state index contributed by atoms with van der Waals surface area (Å²) in [6.45, 7) is 8.44. The van der Waals surface area contributed by atoms with Crippen LogP contribution < -0.4 is 5.32 Å². The second-order valence-corrected chi connectivity index (χ2v) is 6.61. The topological polar surface area (TPSA) is 15.3 Å². The summed E-state index contributed by atoms with van der Waals surface area (Å²) in [6, 6.07) is 0.740. The quantitative estimate of drug-likeness (QED) is 0.669. The Morgan fingerprint density at radius 2 is 1.68 bits per heavy atom.